The monoisotopic (exact) mass is 457 g/mol. The van der Waals surface area contributed by atoms with Crippen molar-refractivity contribution >= 4 is 26.9 Å². The van der Waals surface area contributed by atoms with Crippen molar-refractivity contribution in [3.63, 3.8) is 0 Å². The molecule has 0 amide bonds. The topological polar surface area (TPSA) is 102 Å². The largest absolute Gasteiger partial charge is 0.491 e. The van der Waals surface area contributed by atoms with Crippen molar-refractivity contribution in [1.82, 2.24) is 13.9 Å². The molecule has 0 aliphatic carbocycles. The number of pyridine rings is 1. The van der Waals surface area contributed by atoms with Crippen LogP contribution in [0, 0.1) is 6.92 Å². The summed E-state index contributed by atoms with van der Waals surface area (Å²) in [6.07, 6.45) is 5.82. The van der Waals surface area contributed by atoms with Crippen LogP contribution in [0.25, 0.3) is 10.9 Å². The summed E-state index contributed by atoms with van der Waals surface area (Å²) in [5, 5.41) is 10.1. The smallest absolute Gasteiger partial charge is 0.323 e. The molecule has 170 valence electrons. The zero-order chi connectivity index (χ0) is 23.0. The number of carboxylic acids is 1. The summed E-state index contributed by atoms with van der Waals surface area (Å²) >= 11 is 0. The first-order valence-corrected chi connectivity index (χ1v) is 12.0. The molecule has 0 saturated carbocycles. The quantitative estimate of drug-likeness (QED) is 0.584. The van der Waals surface area contributed by atoms with Crippen LogP contribution in [0.1, 0.15) is 37.3 Å². The van der Waals surface area contributed by atoms with Crippen LogP contribution in [0.5, 0.6) is 5.75 Å². The number of rotatable bonds is 7. The van der Waals surface area contributed by atoms with Gasteiger partial charge in [-0.2, -0.15) is 4.31 Å². The van der Waals surface area contributed by atoms with Crippen molar-refractivity contribution in [2.75, 3.05) is 13.1 Å². The van der Waals surface area contributed by atoms with E-state index in [-0.39, 0.29) is 23.5 Å². The van der Waals surface area contributed by atoms with E-state index in [1.807, 2.05) is 26.1 Å². The highest BCUT2D eigenvalue weighted by Gasteiger charge is 2.35. The maximum atomic E-state index is 13.4. The Morgan fingerprint density at radius 1 is 1.31 bits per heavy atom. The number of hydrogen-bond donors (Lipinski definition) is 1. The molecule has 1 saturated heterocycles. The SMILES string of the molecule is Cc1cc(OC(C)C)ccc1S(=O)(=O)N1CCC(c2cn(CC(=O)O)c3cnccc23)C1. The molecule has 2 aromatic heterocycles. The third-order valence-corrected chi connectivity index (χ3v) is 7.77. The molecular formula is C23H27N3O5S. The minimum atomic E-state index is -3.66. The summed E-state index contributed by atoms with van der Waals surface area (Å²) in [6.45, 7) is 6.22. The lowest BCUT2D eigenvalue weighted by molar-refractivity contribution is -0.137. The lowest BCUT2D eigenvalue weighted by Crippen LogP contribution is -2.29. The molecule has 1 atom stereocenters. The predicted octanol–water partition coefficient (Wildman–Crippen LogP) is 3.39. The second-order valence-electron chi connectivity index (χ2n) is 8.44. The lowest BCUT2D eigenvalue weighted by atomic mass is 9.98. The first-order chi connectivity index (χ1) is 15.2. The fourth-order valence-electron chi connectivity index (χ4n) is 4.36. The molecule has 3 heterocycles. The van der Waals surface area contributed by atoms with E-state index < -0.39 is 16.0 Å². The van der Waals surface area contributed by atoms with E-state index in [0.717, 1.165) is 16.5 Å². The van der Waals surface area contributed by atoms with Crippen LogP contribution in [-0.4, -0.2) is 52.5 Å². The molecule has 1 N–H and O–H groups in total. The zero-order valence-corrected chi connectivity index (χ0v) is 19.2. The van der Waals surface area contributed by atoms with Crippen LogP contribution >= 0.6 is 0 Å². The van der Waals surface area contributed by atoms with Crippen LogP contribution in [0.4, 0.5) is 0 Å². The average Bonchev–Trinajstić information content (AvgIpc) is 3.33. The highest BCUT2D eigenvalue weighted by atomic mass is 32.2. The van der Waals surface area contributed by atoms with Gasteiger partial charge in [-0.3, -0.25) is 9.78 Å². The number of aromatic nitrogens is 2. The Kier molecular flexibility index (Phi) is 5.96. The second-order valence-corrected chi connectivity index (χ2v) is 10.3. The molecule has 4 rings (SSSR count). The molecule has 9 heteroatoms. The maximum Gasteiger partial charge on any atom is 0.323 e. The van der Waals surface area contributed by atoms with Gasteiger partial charge in [0.15, 0.2) is 0 Å². The molecule has 3 aromatic rings. The maximum absolute atomic E-state index is 13.4. The van der Waals surface area contributed by atoms with Crippen molar-refractivity contribution in [2.45, 2.75) is 50.7 Å². The average molecular weight is 458 g/mol. The van der Waals surface area contributed by atoms with Crippen molar-refractivity contribution in [2.24, 2.45) is 0 Å². The number of nitrogens with zero attached hydrogens (tertiary/aromatic N) is 3. The fraction of sp³-hybridized carbons (Fsp3) is 0.391. The molecule has 8 nitrogen and oxygen atoms in total. The molecular weight excluding hydrogens is 430 g/mol. The van der Waals surface area contributed by atoms with Gasteiger partial charge in [-0.1, -0.05) is 0 Å². The van der Waals surface area contributed by atoms with Crippen LogP contribution in [0.3, 0.4) is 0 Å². The van der Waals surface area contributed by atoms with Gasteiger partial charge in [0.25, 0.3) is 0 Å². The number of fused-ring (bicyclic) bond motifs is 1. The summed E-state index contributed by atoms with van der Waals surface area (Å²) in [4.78, 5) is 15.7. The molecule has 1 unspecified atom stereocenters. The van der Waals surface area contributed by atoms with E-state index in [9.17, 15) is 18.3 Å². The highest BCUT2D eigenvalue weighted by Crippen LogP contribution is 2.36. The second kappa shape index (κ2) is 8.55. The van der Waals surface area contributed by atoms with Gasteiger partial charge in [-0.15, -0.1) is 0 Å². The lowest BCUT2D eigenvalue weighted by Gasteiger charge is -2.19. The van der Waals surface area contributed by atoms with Crippen molar-refractivity contribution in [1.29, 1.82) is 0 Å². The van der Waals surface area contributed by atoms with Crippen molar-refractivity contribution in [3.05, 3.63) is 54.0 Å². The number of ether oxygens (including phenoxy) is 1. The summed E-state index contributed by atoms with van der Waals surface area (Å²) in [7, 11) is -3.66. The van der Waals surface area contributed by atoms with Crippen molar-refractivity contribution in [3.8, 4) is 5.75 Å². The van der Waals surface area contributed by atoms with Crippen LogP contribution in [-0.2, 0) is 21.4 Å². The molecule has 0 radical (unpaired) electrons. The van der Waals surface area contributed by atoms with Gasteiger partial charge in [0, 0.05) is 36.8 Å². The van der Waals surface area contributed by atoms with E-state index in [4.69, 9.17) is 4.74 Å². The normalized spacial score (nSPS) is 17.3. The van der Waals surface area contributed by atoms with E-state index in [1.54, 1.807) is 42.1 Å². The summed E-state index contributed by atoms with van der Waals surface area (Å²) in [6, 6.07) is 6.92. The number of aliphatic carboxylic acids is 1. The van der Waals surface area contributed by atoms with Crippen molar-refractivity contribution < 1.29 is 23.1 Å². The zero-order valence-electron chi connectivity index (χ0n) is 18.4. The molecule has 1 aliphatic heterocycles. The van der Waals surface area contributed by atoms with Gasteiger partial charge in [0.05, 0.1) is 22.7 Å². The molecule has 1 aromatic carbocycles. The first kappa shape index (κ1) is 22.3. The van der Waals surface area contributed by atoms with E-state index in [1.165, 1.54) is 4.31 Å². The Labute approximate surface area is 187 Å². The highest BCUT2D eigenvalue weighted by molar-refractivity contribution is 7.89. The minimum absolute atomic E-state index is 0.00894. The van der Waals surface area contributed by atoms with Crippen LogP contribution in [0.2, 0.25) is 0 Å². The Morgan fingerprint density at radius 3 is 2.78 bits per heavy atom. The molecule has 32 heavy (non-hydrogen) atoms. The number of sulfonamides is 1. The number of benzene rings is 1. The van der Waals surface area contributed by atoms with Gasteiger partial charge in [-0.25, -0.2) is 8.42 Å². The molecule has 0 spiro atoms. The van der Waals surface area contributed by atoms with Gasteiger partial charge in [-0.05, 0) is 62.6 Å². The summed E-state index contributed by atoms with van der Waals surface area (Å²) < 4.78 is 35.6. The Morgan fingerprint density at radius 2 is 2.09 bits per heavy atom. The van der Waals surface area contributed by atoms with Gasteiger partial charge >= 0.3 is 5.97 Å². The standard InChI is InChI=1S/C23H27N3O5S/c1-15(2)31-18-4-5-22(16(3)10-18)32(29,30)26-9-7-17(12-26)20-13-25(14-23(27)28)21-11-24-8-6-19(20)21/h4-6,8,10-11,13,15,17H,7,9,12,14H2,1-3H3,(H,27,28). The molecule has 0 bridgehead atoms. The summed E-state index contributed by atoms with van der Waals surface area (Å²) in [5.74, 6) is -0.308. The van der Waals surface area contributed by atoms with Gasteiger partial charge in [0.2, 0.25) is 10.0 Å². The predicted molar refractivity (Wildman–Crippen MR) is 120 cm³/mol. The Hall–Kier alpha value is -2.91. The molecule has 1 aliphatic rings. The van der Waals surface area contributed by atoms with E-state index in [2.05, 4.69) is 4.98 Å². The fourth-order valence-corrected chi connectivity index (χ4v) is 6.07. The third-order valence-electron chi connectivity index (χ3n) is 5.75. The summed E-state index contributed by atoms with van der Waals surface area (Å²) in [5.41, 5.74) is 2.34. The number of carbonyl (C=O) groups is 1. The first-order valence-electron chi connectivity index (χ1n) is 10.6. The van der Waals surface area contributed by atoms with Crippen LogP contribution in [0.15, 0.2) is 47.8 Å². The van der Waals surface area contributed by atoms with Gasteiger partial charge < -0.3 is 14.4 Å². The van der Waals surface area contributed by atoms with Crippen LogP contribution < -0.4 is 4.74 Å². The Bertz CT molecular complexity index is 1270. The minimum Gasteiger partial charge on any atom is -0.491 e. The van der Waals surface area contributed by atoms with E-state index >= 15 is 0 Å². The van der Waals surface area contributed by atoms with E-state index in [0.29, 0.717) is 30.8 Å². The number of hydrogen-bond acceptors (Lipinski definition) is 5. The number of carboxylic acid groups (broad SMARTS) is 1. The number of aryl methyl sites for hydroxylation is 1. The molecule has 1 fully saturated rings. The third kappa shape index (κ3) is 4.22. The Balaban J connectivity index is 1.61. The van der Waals surface area contributed by atoms with Gasteiger partial charge in [0.1, 0.15) is 12.3 Å².